The fourth-order valence-corrected chi connectivity index (χ4v) is 3.57. The Kier molecular flexibility index (Phi) is 7.04. The maximum absolute atomic E-state index is 13.0. The van der Waals surface area contributed by atoms with Crippen LogP contribution in [0.3, 0.4) is 0 Å². The van der Waals surface area contributed by atoms with Gasteiger partial charge in [0.2, 0.25) is 0 Å². The fraction of sp³-hybridized carbons (Fsp3) is 0.714. The van der Waals surface area contributed by atoms with Crippen molar-refractivity contribution in [2.24, 2.45) is 0 Å². The fourth-order valence-electron chi connectivity index (χ4n) is 3.57. The summed E-state index contributed by atoms with van der Waals surface area (Å²) in [7, 11) is 0. The lowest BCUT2D eigenvalue weighted by atomic mass is 10.0. The van der Waals surface area contributed by atoms with Crippen molar-refractivity contribution in [2.45, 2.75) is 84.9 Å². The van der Waals surface area contributed by atoms with Crippen molar-refractivity contribution >= 4 is 11.9 Å². The minimum Gasteiger partial charge on any atom is -0.443 e. The molecule has 0 unspecified atom stereocenters. The van der Waals surface area contributed by atoms with E-state index in [0.717, 1.165) is 43.7 Å². The molecule has 1 aromatic rings. The van der Waals surface area contributed by atoms with E-state index >= 15 is 0 Å². The zero-order valence-corrected chi connectivity index (χ0v) is 17.3. The van der Waals surface area contributed by atoms with Gasteiger partial charge >= 0.3 is 6.09 Å². The van der Waals surface area contributed by atoms with Gasteiger partial charge in [-0.1, -0.05) is 19.9 Å². The zero-order valence-electron chi connectivity index (χ0n) is 17.3. The van der Waals surface area contributed by atoms with Crippen molar-refractivity contribution in [1.29, 1.82) is 0 Å². The lowest BCUT2D eigenvalue weighted by molar-refractivity contribution is 0.0565. The molecule has 26 heavy (non-hydrogen) atoms. The van der Waals surface area contributed by atoms with E-state index in [1.807, 2.05) is 26.8 Å². The van der Waals surface area contributed by atoms with Gasteiger partial charge in [0.1, 0.15) is 11.4 Å². The lowest BCUT2D eigenvalue weighted by Gasteiger charge is -2.34. The smallest absolute Gasteiger partial charge is 0.416 e. The molecule has 1 aliphatic rings. The van der Waals surface area contributed by atoms with Crippen molar-refractivity contribution in [3.8, 4) is 0 Å². The van der Waals surface area contributed by atoms with E-state index < -0.39 is 5.60 Å². The molecule has 1 amide bonds. The zero-order chi connectivity index (χ0) is 19.3. The maximum atomic E-state index is 13.0. The van der Waals surface area contributed by atoms with Crippen LogP contribution in [0.25, 0.3) is 0 Å². The Labute approximate surface area is 158 Å². The van der Waals surface area contributed by atoms with Crippen LogP contribution in [0, 0.1) is 0 Å². The van der Waals surface area contributed by atoms with Gasteiger partial charge in [-0.15, -0.1) is 0 Å². The van der Waals surface area contributed by atoms with Gasteiger partial charge in [-0.3, -0.25) is 9.80 Å². The highest BCUT2D eigenvalue weighted by atomic mass is 16.6. The molecular formula is C21H35N3O2. The van der Waals surface area contributed by atoms with Gasteiger partial charge in [-0.05, 0) is 72.5 Å². The van der Waals surface area contributed by atoms with Gasteiger partial charge in [0.25, 0.3) is 0 Å². The van der Waals surface area contributed by atoms with Crippen LogP contribution in [0.1, 0.15) is 78.8 Å². The maximum Gasteiger partial charge on any atom is 0.416 e. The molecule has 1 fully saturated rings. The standard InChI is InChI=1S/C21H35N3O2/c1-7-14-23-15-10-12-18(23)17-11-9-13-22-19(17)24(16(3)8-2)20(25)26-21(4,5)6/h9,11,13,16,18H,7-8,10,12,14-15H2,1-6H3/t16-,18-/m1/s1. The van der Waals surface area contributed by atoms with Crippen LogP contribution >= 0.6 is 0 Å². The molecule has 1 aromatic heterocycles. The molecule has 0 radical (unpaired) electrons. The van der Waals surface area contributed by atoms with Gasteiger partial charge in [0.05, 0.1) is 0 Å². The summed E-state index contributed by atoms with van der Waals surface area (Å²) in [5.74, 6) is 0.754. The van der Waals surface area contributed by atoms with E-state index in [2.05, 4.69) is 36.7 Å². The molecule has 146 valence electrons. The summed E-state index contributed by atoms with van der Waals surface area (Å²) >= 11 is 0. The van der Waals surface area contributed by atoms with Crippen molar-refractivity contribution in [1.82, 2.24) is 9.88 Å². The van der Waals surface area contributed by atoms with Crippen LogP contribution in [-0.2, 0) is 4.74 Å². The summed E-state index contributed by atoms with van der Waals surface area (Å²) in [6.07, 6.45) is 5.74. The molecule has 2 rings (SSSR count). The summed E-state index contributed by atoms with van der Waals surface area (Å²) in [5.41, 5.74) is 0.615. The molecule has 0 saturated carbocycles. The number of hydrogen-bond donors (Lipinski definition) is 0. The molecule has 0 N–H and O–H groups in total. The molecule has 2 atom stereocenters. The van der Waals surface area contributed by atoms with E-state index in [1.165, 1.54) is 6.42 Å². The first-order valence-electron chi connectivity index (χ1n) is 9.99. The van der Waals surface area contributed by atoms with Crippen molar-refractivity contribution in [3.05, 3.63) is 23.9 Å². The van der Waals surface area contributed by atoms with Gasteiger partial charge in [0, 0.05) is 23.8 Å². The first kappa shape index (κ1) is 20.7. The molecule has 0 aliphatic carbocycles. The number of pyridine rings is 1. The number of amides is 1. The number of carbonyl (C=O) groups excluding carboxylic acids is 1. The van der Waals surface area contributed by atoms with Crippen LogP contribution in [0.2, 0.25) is 0 Å². The Bertz CT molecular complexity index is 597. The van der Waals surface area contributed by atoms with Crippen LogP contribution in [0.4, 0.5) is 10.6 Å². The SMILES string of the molecule is CCCN1CCC[C@@H]1c1cccnc1N(C(=O)OC(C)(C)C)[C@H](C)CC. The number of nitrogens with zero attached hydrogens (tertiary/aromatic N) is 3. The Hall–Kier alpha value is -1.62. The number of aromatic nitrogens is 1. The summed E-state index contributed by atoms with van der Waals surface area (Å²) in [4.78, 5) is 21.9. The average molecular weight is 362 g/mol. The third-order valence-corrected chi connectivity index (χ3v) is 4.90. The van der Waals surface area contributed by atoms with E-state index in [0.29, 0.717) is 6.04 Å². The molecule has 0 aromatic carbocycles. The summed E-state index contributed by atoms with van der Waals surface area (Å²) in [6.45, 7) is 14.3. The minimum absolute atomic E-state index is 0.0273. The third kappa shape index (κ3) is 4.97. The third-order valence-electron chi connectivity index (χ3n) is 4.90. The predicted molar refractivity (Wildman–Crippen MR) is 107 cm³/mol. The van der Waals surface area contributed by atoms with Crippen LogP contribution < -0.4 is 4.90 Å². The molecule has 1 aliphatic heterocycles. The molecular weight excluding hydrogens is 326 g/mol. The molecule has 1 saturated heterocycles. The number of likely N-dealkylation sites (tertiary alicyclic amines) is 1. The topological polar surface area (TPSA) is 45.7 Å². The van der Waals surface area contributed by atoms with Gasteiger partial charge in [-0.2, -0.15) is 0 Å². The second kappa shape index (κ2) is 8.85. The van der Waals surface area contributed by atoms with E-state index in [-0.39, 0.29) is 12.1 Å². The number of hydrogen-bond acceptors (Lipinski definition) is 4. The average Bonchev–Trinajstić information content (AvgIpc) is 3.02. The summed E-state index contributed by atoms with van der Waals surface area (Å²) in [5, 5.41) is 0. The van der Waals surface area contributed by atoms with Crippen molar-refractivity contribution in [3.63, 3.8) is 0 Å². The Balaban J connectivity index is 2.41. The van der Waals surface area contributed by atoms with E-state index in [1.54, 1.807) is 11.1 Å². The van der Waals surface area contributed by atoms with Gasteiger partial charge < -0.3 is 4.74 Å². The first-order valence-corrected chi connectivity index (χ1v) is 9.99. The summed E-state index contributed by atoms with van der Waals surface area (Å²) in [6, 6.07) is 4.46. The second-order valence-electron chi connectivity index (χ2n) is 8.22. The Morgan fingerprint density at radius 1 is 1.42 bits per heavy atom. The Morgan fingerprint density at radius 2 is 2.15 bits per heavy atom. The van der Waals surface area contributed by atoms with Gasteiger partial charge in [-0.25, -0.2) is 9.78 Å². The predicted octanol–water partition coefficient (Wildman–Crippen LogP) is 5.17. The number of rotatable bonds is 6. The minimum atomic E-state index is -0.528. The lowest BCUT2D eigenvalue weighted by Crippen LogP contribution is -2.43. The summed E-state index contributed by atoms with van der Waals surface area (Å²) < 4.78 is 5.70. The number of ether oxygens (including phenoxy) is 1. The highest BCUT2D eigenvalue weighted by molar-refractivity contribution is 5.88. The molecule has 0 spiro atoms. The van der Waals surface area contributed by atoms with Crippen molar-refractivity contribution < 1.29 is 9.53 Å². The highest BCUT2D eigenvalue weighted by Crippen LogP contribution is 2.37. The largest absolute Gasteiger partial charge is 0.443 e. The number of carbonyl (C=O) groups is 1. The monoisotopic (exact) mass is 361 g/mol. The van der Waals surface area contributed by atoms with Crippen LogP contribution in [-0.4, -0.2) is 40.7 Å². The van der Waals surface area contributed by atoms with Gasteiger partial charge in [0.15, 0.2) is 0 Å². The molecule has 2 heterocycles. The van der Waals surface area contributed by atoms with E-state index in [9.17, 15) is 4.79 Å². The molecule has 5 heteroatoms. The normalized spacial score (nSPS) is 19.4. The highest BCUT2D eigenvalue weighted by Gasteiger charge is 2.33. The van der Waals surface area contributed by atoms with E-state index in [4.69, 9.17) is 4.74 Å². The second-order valence-corrected chi connectivity index (χ2v) is 8.22. The van der Waals surface area contributed by atoms with Crippen molar-refractivity contribution in [2.75, 3.05) is 18.0 Å². The molecule has 0 bridgehead atoms. The molecule has 5 nitrogen and oxygen atoms in total. The number of anilines is 1. The first-order chi connectivity index (χ1) is 12.3. The van der Waals surface area contributed by atoms with Crippen LogP contribution in [0.15, 0.2) is 18.3 Å². The Morgan fingerprint density at radius 3 is 2.77 bits per heavy atom. The van der Waals surface area contributed by atoms with Crippen LogP contribution in [0.5, 0.6) is 0 Å². The quantitative estimate of drug-likeness (QED) is 0.701.